The van der Waals surface area contributed by atoms with Gasteiger partial charge >= 0.3 is 0 Å². The fourth-order valence-electron chi connectivity index (χ4n) is 3.93. The van der Waals surface area contributed by atoms with Gasteiger partial charge in [0.2, 0.25) is 9.84 Å². The van der Waals surface area contributed by atoms with Gasteiger partial charge in [0.1, 0.15) is 10.7 Å². The van der Waals surface area contributed by atoms with Gasteiger partial charge in [0.25, 0.3) is 5.91 Å². The molecule has 0 radical (unpaired) electrons. The highest BCUT2D eigenvalue weighted by Gasteiger charge is 2.46. The smallest absolute Gasteiger partial charge is 0.290 e. The molecule has 1 N–H and O–H groups in total. The standard InChI is InChI=1S/C22H22ClFN2O5S/c23-16-3-7-18(8-4-16)32(29,30)21-19(15-1-5-17(24)6-2-15)26(22(28)20(21)27)10-9-25-11-13-31-14-12-25/h1-8,19,27H,9-14H2. The van der Waals surface area contributed by atoms with Gasteiger partial charge in [-0.25, -0.2) is 12.8 Å². The molecule has 10 heteroatoms. The Labute approximate surface area is 190 Å². The molecule has 0 bridgehead atoms. The predicted octanol–water partition coefficient (Wildman–Crippen LogP) is 2.94. The lowest BCUT2D eigenvalue weighted by atomic mass is 10.1. The molecule has 1 amide bonds. The molecule has 0 aliphatic carbocycles. The number of sulfone groups is 1. The van der Waals surface area contributed by atoms with E-state index in [0.29, 0.717) is 43.4 Å². The summed E-state index contributed by atoms with van der Waals surface area (Å²) in [6.45, 7) is 3.21. The van der Waals surface area contributed by atoms with Gasteiger partial charge in [-0.2, -0.15) is 0 Å². The molecule has 1 unspecified atom stereocenters. The van der Waals surface area contributed by atoms with Gasteiger partial charge in [-0.15, -0.1) is 0 Å². The molecular formula is C22H22ClFN2O5S. The Morgan fingerprint density at radius 1 is 1.03 bits per heavy atom. The van der Waals surface area contributed by atoms with Gasteiger partial charge in [-0.3, -0.25) is 9.69 Å². The van der Waals surface area contributed by atoms with Crippen LogP contribution in [0.4, 0.5) is 4.39 Å². The number of ether oxygens (including phenoxy) is 1. The minimum atomic E-state index is -4.24. The maximum atomic E-state index is 13.6. The molecule has 1 saturated heterocycles. The number of amides is 1. The highest BCUT2D eigenvalue weighted by atomic mass is 35.5. The molecule has 0 saturated carbocycles. The first-order valence-corrected chi connectivity index (χ1v) is 12.0. The first-order chi connectivity index (χ1) is 15.3. The molecule has 1 fully saturated rings. The Hall–Kier alpha value is -2.46. The number of aliphatic hydroxyl groups excluding tert-OH is 1. The lowest BCUT2D eigenvalue weighted by Crippen LogP contribution is -2.43. The normalized spacial score (nSPS) is 20.2. The molecule has 0 aromatic heterocycles. The summed E-state index contributed by atoms with van der Waals surface area (Å²) in [5.41, 5.74) is 0.387. The molecule has 4 rings (SSSR count). The summed E-state index contributed by atoms with van der Waals surface area (Å²) < 4.78 is 45.8. The molecule has 7 nitrogen and oxygen atoms in total. The number of carbonyl (C=O) groups excluding carboxylic acids is 1. The summed E-state index contributed by atoms with van der Waals surface area (Å²) in [5.74, 6) is -2.09. The summed E-state index contributed by atoms with van der Waals surface area (Å²) in [6.07, 6.45) is 0. The molecule has 2 aliphatic rings. The second kappa shape index (κ2) is 9.19. The topological polar surface area (TPSA) is 87.1 Å². The third kappa shape index (κ3) is 4.38. The van der Waals surface area contributed by atoms with Crippen LogP contribution in [0.15, 0.2) is 64.1 Å². The summed E-state index contributed by atoms with van der Waals surface area (Å²) >= 11 is 5.88. The Morgan fingerprint density at radius 3 is 2.28 bits per heavy atom. The van der Waals surface area contributed by atoms with Crippen molar-refractivity contribution in [2.45, 2.75) is 10.9 Å². The second-order valence-corrected chi connectivity index (χ2v) is 9.93. The molecule has 2 aromatic carbocycles. The van der Waals surface area contributed by atoms with Crippen molar-refractivity contribution in [2.24, 2.45) is 0 Å². The number of halogens is 2. The van der Waals surface area contributed by atoms with E-state index in [9.17, 15) is 22.7 Å². The van der Waals surface area contributed by atoms with Gasteiger partial charge in [-0.1, -0.05) is 23.7 Å². The first-order valence-electron chi connectivity index (χ1n) is 10.1. The zero-order valence-corrected chi connectivity index (χ0v) is 18.7. The summed E-state index contributed by atoms with van der Waals surface area (Å²) in [4.78, 5) is 15.9. The van der Waals surface area contributed by atoms with E-state index in [2.05, 4.69) is 4.90 Å². The van der Waals surface area contributed by atoms with Gasteiger partial charge in [-0.05, 0) is 42.0 Å². The highest BCUT2D eigenvalue weighted by Crippen LogP contribution is 2.42. The van der Waals surface area contributed by atoms with Gasteiger partial charge in [0.05, 0.1) is 24.2 Å². The van der Waals surface area contributed by atoms with Crippen LogP contribution in [-0.4, -0.2) is 68.6 Å². The number of benzene rings is 2. The van der Waals surface area contributed by atoms with E-state index in [4.69, 9.17) is 16.3 Å². The summed E-state index contributed by atoms with van der Waals surface area (Å²) in [5, 5.41) is 11.0. The molecule has 2 aliphatic heterocycles. The molecule has 2 heterocycles. The van der Waals surface area contributed by atoms with Crippen LogP contribution in [0.25, 0.3) is 0 Å². The van der Waals surface area contributed by atoms with Crippen molar-refractivity contribution in [3.05, 3.63) is 75.6 Å². The number of nitrogens with zero attached hydrogens (tertiary/aromatic N) is 2. The first kappa shape index (κ1) is 22.7. The zero-order chi connectivity index (χ0) is 22.9. The van der Waals surface area contributed by atoms with Crippen LogP contribution < -0.4 is 0 Å². The third-order valence-electron chi connectivity index (χ3n) is 5.62. The van der Waals surface area contributed by atoms with Crippen molar-refractivity contribution in [2.75, 3.05) is 39.4 Å². The third-order valence-corrected chi connectivity index (χ3v) is 7.76. The van der Waals surface area contributed by atoms with Gasteiger partial charge < -0.3 is 14.7 Å². The quantitative estimate of drug-likeness (QED) is 0.684. The van der Waals surface area contributed by atoms with Crippen LogP contribution in [0, 0.1) is 5.82 Å². The number of morpholine rings is 1. The number of rotatable bonds is 6. The van der Waals surface area contributed by atoms with Crippen LogP contribution in [0.5, 0.6) is 0 Å². The number of aliphatic hydroxyl groups is 1. The Bertz CT molecular complexity index is 1130. The summed E-state index contributed by atoms with van der Waals surface area (Å²) in [7, 11) is -4.24. The van der Waals surface area contributed by atoms with Crippen molar-refractivity contribution < 1.29 is 27.4 Å². The van der Waals surface area contributed by atoms with E-state index in [1.54, 1.807) is 0 Å². The largest absolute Gasteiger partial charge is 0.502 e. The van der Waals surface area contributed by atoms with Crippen LogP contribution >= 0.6 is 11.6 Å². The van der Waals surface area contributed by atoms with Crippen molar-refractivity contribution in [3.8, 4) is 0 Å². The van der Waals surface area contributed by atoms with Crippen LogP contribution in [0.2, 0.25) is 5.02 Å². The van der Waals surface area contributed by atoms with Gasteiger partial charge in [0.15, 0.2) is 5.76 Å². The van der Waals surface area contributed by atoms with E-state index >= 15 is 0 Å². The van der Waals surface area contributed by atoms with Crippen LogP contribution in [-0.2, 0) is 19.4 Å². The zero-order valence-electron chi connectivity index (χ0n) is 17.1. The minimum Gasteiger partial charge on any atom is -0.502 e. The Morgan fingerprint density at radius 2 is 1.66 bits per heavy atom. The number of hydrogen-bond donors (Lipinski definition) is 1. The maximum Gasteiger partial charge on any atom is 0.290 e. The minimum absolute atomic E-state index is 0.0987. The monoisotopic (exact) mass is 480 g/mol. The Kier molecular flexibility index (Phi) is 6.52. The second-order valence-electron chi connectivity index (χ2n) is 7.58. The van der Waals surface area contributed by atoms with Gasteiger partial charge in [0, 0.05) is 31.2 Å². The average Bonchev–Trinajstić information content (AvgIpc) is 3.04. The van der Waals surface area contributed by atoms with E-state index < -0.39 is 38.3 Å². The lowest BCUT2D eigenvalue weighted by Gasteiger charge is -2.31. The SMILES string of the molecule is O=C1C(O)=C(S(=O)(=O)c2ccc(Cl)cc2)C(c2ccc(F)cc2)N1CCN1CCOCC1. The number of carbonyl (C=O) groups is 1. The fourth-order valence-corrected chi connectivity index (χ4v) is 5.70. The van der Waals surface area contributed by atoms with Crippen LogP contribution in [0.3, 0.4) is 0 Å². The van der Waals surface area contributed by atoms with E-state index in [1.807, 2.05) is 0 Å². The van der Waals surface area contributed by atoms with Crippen LogP contribution in [0.1, 0.15) is 11.6 Å². The molecule has 2 aromatic rings. The molecule has 1 atom stereocenters. The summed E-state index contributed by atoms with van der Waals surface area (Å²) in [6, 6.07) is 9.64. The van der Waals surface area contributed by atoms with Crippen molar-refractivity contribution in [1.29, 1.82) is 0 Å². The highest BCUT2D eigenvalue weighted by molar-refractivity contribution is 7.95. The predicted molar refractivity (Wildman–Crippen MR) is 116 cm³/mol. The molecule has 0 spiro atoms. The Balaban J connectivity index is 1.73. The molecule has 32 heavy (non-hydrogen) atoms. The fraction of sp³-hybridized carbons (Fsp3) is 0.318. The van der Waals surface area contributed by atoms with E-state index in [1.165, 1.54) is 53.4 Å². The maximum absolute atomic E-state index is 13.6. The van der Waals surface area contributed by atoms with E-state index in [0.717, 1.165) is 0 Å². The average molecular weight is 481 g/mol. The molecular weight excluding hydrogens is 459 g/mol. The molecule has 170 valence electrons. The van der Waals surface area contributed by atoms with Crippen molar-refractivity contribution in [1.82, 2.24) is 9.80 Å². The number of hydrogen-bond acceptors (Lipinski definition) is 6. The van der Waals surface area contributed by atoms with Crippen molar-refractivity contribution in [3.63, 3.8) is 0 Å². The van der Waals surface area contributed by atoms with E-state index in [-0.39, 0.29) is 11.4 Å². The lowest BCUT2D eigenvalue weighted by molar-refractivity contribution is -0.129. The van der Waals surface area contributed by atoms with Crippen molar-refractivity contribution >= 4 is 27.3 Å².